The second-order valence-corrected chi connectivity index (χ2v) is 6.25. The zero-order chi connectivity index (χ0) is 15.3. The molecule has 0 amide bonds. The number of nitrogen functional groups attached to an aromatic ring is 1. The van der Waals surface area contributed by atoms with Crippen LogP contribution in [0.5, 0.6) is 0 Å². The zero-order valence-electron chi connectivity index (χ0n) is 11.5. The molecule has 0 saturated heterocycles. The third kappa shape index (κ3) is 3.91. The molecule has 0 atom stereocenters. The van der Waals surface area contributed by atoms with Crippen molar-refractivity contribution in [3.8, 4) is 0 Å². The zero-order valence-corrected chi connectivity index (χ0v) is 12.3. The summed E-state index contributed by atoms with van der Waals surface area (Å²) in [6, 6.07) is 3.53. The number of nitro groups is 1. The Hall–Kier alpha value is -1.67. The quantitative estimate of drug-likeness (QED) is 0.453. The van der Waals surface area contributed by atoms with Gasteiger partial charge in [-0.2, -0.15) is 0 Å². The third-order valence-electron chi connectivity index (χ3n) is 3.19. The van der Waals surface area contributed by atoms with Crippen LogP contribution in [0.3, 0.4) is 0 Å². The lowest BCUT2D eigenvalue weighted by Crippen LogP contribution is -2.29. The fraction of sp³-hybridized carbons (Fsp3) is 0.500. The minimum Gasteiger partial charge on any atom is -0.399 e. The van der Waals surface area contributed by atoms with E-state index in [1.54, 1.807) is 0 Å². The van der Waals surface area contributed by atoms with Crippen molar-refractivity contribution in [2.45, 2.75) is 31.6 Å². The summed E-state index contributed by atoms with van der Waals surface area (Å²) in [6.07, 6.45) is 1.67. The van der Waals surface area contributed by atoms with E-state index in [1.807, 2.05) is 13.8 Å². The number of nitro benzene ring substituents is 1. The van der Waals surface area contributed by atoms with Crippen LogP contribution in [0.15, 0.2) is 23.1 Å². The van der Waals surface area contributed by atoms with Crippen LogP contribution < -0.4 is 10.5 Å². The fourth-order valence-corrected chi connectivity index (χ4v) is 3.05. The van der Waals surface area contributed by atoms with Crippen molar-refractivity contribution < 1.29 is 13.3 Å². The van der Waals surface area contributed by atoms with Crippen LogP contribution in [-0.4, -0.2) is 19.9 Å². The predicted octanol–water partition coefficient (Wildman–Crippen LogP) is 1.89. The standard InChI is InChI=1S/C12H19N3O4S/c1-3-9(4-2)8-14-20(18,19)12-6-5-10(13)7-11(12)15(16)17/h5-7,9,14H,3-4,8,13H2,1-2H3. The molecule has 0 aliphatic heterocycles. The lowest BCUT2D eigenvalue weighted by atomic mass is 10.0. The monoisotopic (exact) mass is 301 g/mol. The summed E-state index contributed by atoms with van der Waals surface area (Å²) in [7, 11) is -3.92. The number of hydrogen-bond donors (Lipinski definition) is 2. The highest BCUT2D eigenvalue weighted by Gasteiger charge is 2.26. The Morgan fingerprint density at radius 2 is 1.95 bits per heavy atom. The molecule has 0 spiro atoms. The van der Waals surface area contributed by atoms with Crippen LogP contribution in [0.25, 0.3) is 0 Å². The van der Waals surface area contributed by atoms with Gasteiger partial charge in [0.2, 0.25) is 10.0 Å². The van der Waals surface area contributed by atoms with Gasteiger partial charge in [-0.05, 0) is 18.1 Å². The molecule has 0 aliphatic carbocycles. The first-order chi connectivity index (χ1) is 9.31. The van der Waals surface area contributed by atoms with Crippen molar-refractivity contribution >= 4 is 21.4 Å². The number of rotatable bonds is 7. The van der Waals surface area contributed by atoms with Gasteiger partial charge in [0.05, 0.1) is 4.92 Å². The van der Waals surface area contributed by atoms with Crippen molar-refractivity contribution in [1.29, 1.82) is 0 Å². The highest BCUT2D eigenvalue weighted by atomic mass is 32.2. The summed E-state index contributed by atoms with van der Waals surface area (Å²) >= 11 is 0. The Bertz CT molecular complexity index is 582. The van der Waals surface area contributed by atoms with Gasteiger partial charge in [-0.15, -0.1) is 0 Å². The molecule has 0 unspecified atom stereocenters. The molecular weight excluding hydrogens is 282 g/mol. The van der Waals surface area contributed by atoms with Gasteiger partial charge in [-0.3, -0.25) is 10.1 Å². The van der Waals surface area contributed by atoms with Crippen molar-refractivity contribution in [3.05, 3.63) is 28.3 Å². The first kappa shape index (κ1) is 16.4. The molecule has 3 N–H and O–H groups in total. The Balaban J connectivity index is 3.07. The average Bonchev–Trinajstić information content (AvgIpc) is 2.39. The van der Waals surface area contributed by atoms with E-state index in [0.29, 0.717) is 0 Å². The van der Waals surface area contributed by atoms with Crippen LogP contribution >= 0.6 is 0 Å². The molecule has 8 heteroatoms. The smallest absolute Gasteiger partial charge is 0.291 e. The van der Waals surface area contributed by atoms with E-state index in [0.717, 1.165) is 25.0 Å². The van der Waals surface area contributed by atoms with Gasteiger partial charge < -0.3 is 5.73 Å². The predicted molar refractivity (Wildman–Crippen MR) is 76.8 cm³/mol. The van der Waals surface area contributed by atoms with Crippen LogP contribution in [0, 0.1) is 16.0 Å². The molecule has 0 bridgehead atoms. The van der Waals surface area contributed by atoms with E-state index >= 15 is 0 Å². The molecule has 0 radical (unpaired) electrons. The molecule has 20 heavy (non-hydrogen) atoms. The second-order valence-electron chi connectivity index (χ2n) is 4.52. The maximum atomic E-state index is 12.1. The fourth-order valence-electron chi connectivity index (χ4n) is 1.79. The van der Waals surface area contributed by atoms with Crippen molar-refractivity contribution in [2.24, 2.45) is 5.92 Å². The Morgan fingerprint density at radius 3 is 2.45 bits per heavy atom. The van der Waals surface area contributed by atoms with E-state index in [9.17, 15) is 18.5 Å². The van der Waals surface area contributed by atoms with Gasteiger partial charge in [0.15, 0.2) is 4.90 Å². The van der Waals surface area contributed by atoms with Crippen molar-refractivity contribution in [1.82, 2.24) is 4.72 Å². The van der Waals surface area contributed by atoms with Crippen LogP contribution in [0.2, 0.25) is 0 Å². The highest BCUT2D eigenvalue weighted by Crippen LogP contribution is 2.26. The minimum atomic E-state index is -3.92. The Labute approximate surface area is 118 Å². The van der Waals surface area contributed by atoms with Gasteiger partial charge >= 0.3 is 0 Å². The van der Waals surface area contributed by atoms with Gasteiger partial charge in [-0.1, -0.05) is 26.7 Å². The molecule has 0 heterocycles. The molecule has 1 aromatic rings. The Kier molecular flexibility index (Phi) is 5.46. The Morgan fingerprint density at radius 1 is 1.35 bits per heavy atom. The van der Waals surface area contributed by atoms with Gasteiger partial charge in [0, 0.05) is 18.3 Å². The van der Waals surface area contributed by atoms with Crippen molar-refractivity contribution in [3.63, 3.8) is 0 Å². The largest absolute Gasteiger partial charge is 0.399 e. The molecule has 112 valence electrons. The summed E-state index contributed by atoms with van der Waals surface area (Å²) in [5, 5.41) is 10.9. The number of nitrogens with zero attached hydrogens (tertiary/aromatic N) is 1. The molecule has 1 aromatic carbocycles. The van der Waals surface area contributed by atoms with E-state index < -0.39 is 20.6 Å². The maximum absolute atomic E-state index is 12.1. The number of hydrogen-bond acceptors (Lipinski definition) is 5. The maximum Gasteiger partial charge on any atom is 0.291 e. The van der Waals surface area contributed by atoms with Crippen LogP contribution in [0.4, 0.5) is 11.4 Å². The molecule has 7 nitrogen and oxygen atoms in total. The number of benzene rings is 1. The molecule has 0 fully saturated rings. The topological polar surface area (TPSA) is 115 Å². The van der Waals surface area contributed by atoms with Gasteiger partial charge in [0.1, 0.15) is 0 Å². The third-order valence-corrected chi connectivity index (χ3v) is 4.66. The summed E-state index contributed by atoms with van der Waals surface area (Å²) in [5.74, 6) is 0.206. The first-order valence-corrected chi connectivity index (χ1v) is 7.83. The lowest BCUT2D eigenvalue weighted by molar-refractivity contribution is -0.387. The molecule has 0 aliphatic rings. The van der Waals surface area contributed by atoms with Crippen LogP contribution in [-0.2, 0) is 10.0 Å². The lowest BCUT2D eigenvalue weighted by Gasteiger charge is -2.13. The SMILES string of the molecule is CCC(CC)CNS(=O)(=O)c1ccc(N)cc1[N+](=O)[O-]. The first-order valence-electron chi connectivity index (χ1n) is 6.35. The summed E-state index contributed by atoms with van der Waals surface area (Å²) < 4.78 is 26.7. The number of sulfonamides is 1. The van der Waals surface area contributed by atoms with E-state index in [4.69, 9.17) is 5.73 Å². The van der Waals surface area contributed by atoms with E-state index in [2.05, 4.69) is 4.72 Å². The normalized spacial score (nSPS) is 11.8. The van der Waals surface area contributed by atoms with Gasteiger partial charge in [-0.25, -0.2) is 13.1 Å². The number of nitrogens with one attached hydrogen (secondary N) is 1. The molecular formula is C12H19N3O4S. The van der Waals surface area contributed by atoms with E-state index in [1.165, 1.54) is 6.07 Å². The van der Waals surface area contributed by atoms with Crippen molar-refractivity contribution in [2.75, 3.05) is 12.3 Å². The van der Waals surface area contributed by atoms with E-state index in [-0.39, 0.29) is 23.0 Å². The summed E-state index contributed by atoms with van der Waals surface area (Å²) in [4.78, 5) is 9.82. The number of anilines is 1. The summed E-state index contributed by atoms with van der Waals surface area (Å²) in [5.41, 5.74) is 5.09. The molecule has 0 saturated carbocycles. The highest BCUT2D eigenvalue weighted by molar-refractivity contribution is 7.89. The second kappa shape index (κ2) is 6.67. The minimum absolute atomic E-state index is 0.149. The number of nitrogens with two attached hydrogens (primary N) is 1. The summed E-state index contributed by atoms with van der Waals surface area (Å²) in [6.45, 7) is 4.19. The average molecular weight is 301 g/mol. The molecule has 1 rings (SSSR count). The molecule has 0 aromatic heterocycles. The van der Waals surface area contributed by atoms with Gasteiger partial charge in [0.25, 0.3) is 5.69 Å². The van der Waals surface area contributed by atoms with Crippen LogP contribution in [0.1, 0.15) is 26.7 Å².